The predicted octanol–water partition coefficient (Wildman–Crippen LogP) is 2.99. The van der Waals surface area contributed by atoms with E-state index in [2.05, 4.69) is 20.7 Å². The number of sulfonamides is 1. The average Bonchev–Trinajstić information content (AvgIpc) is 2.07. The molecule has 0 amide bonds. The van der Waals surface area contributed by atoms with Crippen molar-refractivity contribution in [3.8, 4) is 0 Å². The minimum Gasteiger partial charge on any atom is -0.281 e. The third-order valence-electron chi connectivity index (χ3n) is 1.75. The number of anilines is 1. The summed E-state index contributed by atoms with van der Waals surface area (Å²) in [4.78, 5) is 0. The fourth-order valence-corrected chi connectivity index (χ4v) is 3.02. The second kappa shape index (κ2) is 5.14. The summed E-state index contributed by atoms with van der Waals surface area (Å²) >= 11 is 3.10. The highest BCUT2D eigenvalue weighted by molar-refractivity contribution is 9.10. The Morgan fingerprint density at radius 2 is 2.06 bits per heavy atom. The van der Waals surface area contributed by atoms with Gasteiger partial charge >= 0.3 is 0 Å². The zero-order chi connectivity index (χ0) is 12.3. The van der Waals surface area contributed by atoms with E-state index in [9.17, 15) is 12.8 Å². The van der Waals surface area contributed by atoms with Crippen LogP contribution >= 0.6 is 15.9 Å². The molecule has 0 aliphatic heterocycles. The highest BCUT2D eigenvalue weighted by Crippen LogP contribution is 2.20. The van der Waals surface area contributed by atoms with Crippen LogP contribution in [0.1, 0.15) is 13.8 Å². The molecule has 0 spiro atoms. The molecule has 0 atom stereocenters. The number of halogens is 2. The van der Waals surface area contributed by atoms with Gasteiger partial charge in [0.05, 0.1) is 11.4 Å². The van der Waals surface area contributed by atoms with Crippen LogP contribution in [0.25, 0.3) is 0 Å². The fraction of sp³-hybridized carbons (Fsp3) is 0.400. The molecule has 3 nitrogen and oxygen atoms in total. The molecule has 0 bridgehead atoms. The summed E-state index contributed by atoms with van der Waals surface area (Å²) in [7, 11) is -3.47. The smallest absolute Gasteiger partial charge is 0.233 e. The van der Waals surface area contributed by atoms with Gasteiger partial charge in [-0.2, -0.15) is 0 Å². The fourth-order valence-electron chi connectivity index (χ4n) is 1.22. The average molecular weight is 310 g/mol. The van der Waals surface area contributed by atoms with Crippen molar-refractivity contribution in [1.29, 1.82) is 0 Å². The molecular formula is C10H13BrFNO2S. The molecule has 0 saturated carbocycles. The van der Waals surface area contributed by atoms with Crippen LogP contribution in [0.4, 0.5) is 10.1 Å². The Hall–Kier alpha value is -0.620. The van der Waals surface area contributed by atoms with E-state index in [1.165, 1.54) is 12.1 Å². The standard InChI is InChI=1S/C10H13BrFNO2S/c1-7(2)6-16(14,15)13-10-4-3-8(11)5-9(10)12/h3-5,7,13H,6H2,1-2H3. The molecule has 0 unspecified atom stereocenters. The molecule has 0 fully saturated rings. The maximum absolute atomic E-state index is 13.4. The predicted molar refractivity (Wildman–Crippen MR) is 66.3 cm³/mol. The van der Waals surface area contributed by atoms with Crippen LogP contribution in [0.5, 0.6) is 0 Å². The SMILES string of the molecule is CC(C)CS(=O)(=O)Nc1ccc(Br)cc1F. The van der Waals surface area contributed by atoms with Gasteiger partial charge in [0.2, 0.25) is 10.0 Å². The number of nitrogens with one attached hydrogen (secondary N) is 1. The number of hydrogen-bond acceptors (Lipinski definition) is 2. The van der Waals surface area contributed by atoms with Crippen LogP contribution in [0.15, 0.2) is 22.7 Å². The van der Waals surface area contributed by atoms with Crippen molar-refractivity contribution in [3.05, 3.63) is 28.5 Å². The highest BCUT2D eigenvalue weighted by Gasteiger charge is 2.14. The van der Waals surface area contributed by atoms with Crippen molar-refractivity contribution in [3.63, 3.8) is 0 Å². The zero-order valence-electron chi connectivity index (χ0n) is 9.00. The summed E-state index contributed by atoms with van der Waals surface area (Å²) < 4.78 is 39.3. The van der Waals surface area contributed by atoms with E-state index in [4.69, 9.17) is 0 Å². The largest absolute Gasteiger partial charge is 0.281 e. The molecule has 1 aromatic carbocycles. The van der Waals surface area contributed by atoms with Gasteiger partial charge in [-0.3, -0.25) is 4.72 Å². The zero-order valence-corrected chi connectivity index (χ0v) is 11.4. The first-order chi connectivity index (χ1) is 7.30. The molecule has 0 aliphatic rings. The van der Waals surface area contributed by atoms with E-state index in [-0.39, 0.29) is 17.4 Å². The van der Waals surface area contributed by atoms with Crippen molar-refractivity contribution in [2.24, 2.45) is 5.92 Å². The molecular weight excluding hydrogens is 297 g/mol. The molecule has 0 aliphatic carbocycles. The number of rotatable bonds is 4. The Morgan fingerprint density at radius 3 is 2.56 bits per heavy atom. The monoisotopic (exact) mass is 309 g/mol. The van der Waals surface area contributed by atoms with Crippen LogP contribution in [-0.2, 0) is 10.0 Å². The summed E-state index contributed by atoms with van der Waals surface area (Å²) in [6, 6.07) is 4.18. The minimum atomic E-state index is -3.47. The van der Waals surface area contributed by atoms with Gasteiger partial charge in [-0.25, -0.2) is 12.8 Å². The second-order valence-corrected chi connectivity index (χ2v) is 6.58. The summed E-state index contributed by atoms with van der Waals surface area (Å²) in [5.74, 6) is -0.625. The number of hydrogen-bond donors (Lipinski definition) is 1. The van der Waals surface area contributed by atoms with Gasteiger partial charge in [-0.15, -0.1) is 0 Å². The van der Waals surface area contributed by atoms with Gasteiger partial charge in [0.25, 0.3) is 0 Å². The molecule has 0 heterocycles. The first-order valence-corrected chi connectivity index (χ1v) is 7.20. The Morgan fingerprint density at radius 1 is 1.44 bits per heavy atom. The van der Waals surface area contributed by atoms with Crippen LogP contribution in [0.2, 0.25) is 0 Å². The molecule has 16 heavy (non-hydrogen) atoms. The lowest BCUT2D eigenvalue weighted by atomic mass is 10.3. The quantitative estimate of drug-likeness (QED) is 0.929. The number of benzene rings is 1. The Bertz CT molecular complexity index is 474. The van der Waals surface area contributed by atoms with Crippen LogP contribution < -0.4 is 4.72 Å². The van der Waals surface area contributed by atoms with Crippen LogP contribution in [0.3, 0.4) is 0 Å². The maximum atomic E-state index is 13.4. The highest BCUT2D eigenvalue weighted by atomic mass is 79.9. The van der Waals surface area contributed by atoms with Gasteiger partial charge in [0.1, 0.15) is 5.82 Å². The molecule has 0 saturated heterocycles. The van der Waals surface area contributed by atoms with E-state index in [0.29, 0.717) is 4.47 Å². The van der Waals surface area contributed by atoms with E-state index >= 15 is 0 Å². The van der Waals surface area contributed by atoms with Gasteiger partial charge in [-0.05, 0) is 24.1 Å². The first-order valence-electron chi connectivity index (χ1n) is 4.76. The summed E-state index contributed by atoms with van der Waals surface area (Å²) in [6.45, 7) is 3.58. The molecule has 1 aromatic rings. The van der Waals surface area contributed by atoms with E-state index in [1.807, 2.05) is 0 Å². The molecule has 0 radical (unpaired) electrons. The first kappa shape index (κ1) is 13.4. The third kappa shape index (κ3) is 4.09. The molecule has 6 heteroatoms. The van der Waals surface area contributed by atoms with Crippen molar-refractivity contribution in [2.75, 3.05) is 10.5 Å². The topological polar surface area (TPSA) is 46.2 Å². The summed E-state index contributed by atoms with van der Waals surface area (Å²) in [5.41, 5.74) is -0.0242. The maximum Gasteiger partial charge on any atom is 0.233 e. The lowest BCUT2D eigenvalue weighted by Gasteiger charge is -2.10. The molecule has 0 aromatic heterocycles. The summed E-state index contributed by atoms with van der Waals surface area (Å²) in [5, 5.41) is 0. The molecule has 1 rings (SSSR count). The van der Waals surface area contributed by atoms with Crippen molar-refractivity contribution in [2.45, 2.75) is 13.8 Å². The van der Waals surface area contributed by atoms with Gasteiger partial charge in [0, 0.05) is 4.47 Å². The van der Waals surface area contributed by atoms with Gasteiger partial charge in [-0.1, -0.05) is 29.8 Å². The Balaban J connectivity index is 2.88. The Labute approximate surface area is 103 Å². The lowest BCUT2D eigenvalue weighted by molar-refractivity contribution is 0.585. The second-order valence-electron chi connectivity index (χ2n) is 3.90. The molecule has 90 valence electrons. The van der Waals surface area contributed by atoms with E-state index < -0.39 is 15.8 Å². The normalized spacial score (nSPS) is 11.8. The summed E-state index contributed by atoms with van der Waals surface area (Å²) in [6.07, 6.45) is 0. The van der Waals surface area contributed by atoms with Gasteiger partial charge in [0.15, 0.2) is 0 Å². The van der Waals surface area contributed by atoms with E-state index in [1.54, 1.807) is 19.9 Å². The van der Waals surface area contributed by atoms with Crippen molar-refractivity contribution >= 4 is 31.6 Å². The Kier molecular flexibility index (Phi) is 4.32. The minimum absolute atomic E-state index is 0.00369. The lowest BCUT2D eigenvalue weighted by Crippen LogP contribution is -2.20. The van der Waals surface area contributed by atoms with Gasteiger partial charge < -0.3 is 0 Å². The van der Waals surface area contributed by atoms with E-state index in [0.717, 1.165) is 0 Å². The molecule has 1 N–H and O–H groups in total. The van der Waals surface area contributed by atoms with Crippen LogP contribution in [0, 0.1) is 11.7 Å². The third-order valence-corrected chi connectivity index (χ3v) is 3.88. The van der Waals surface area contributed by atoms with Crippen molar-refractivity contribution in [1.82, 2.24) is 0 Å². The van der Waals surface area contributed by atoms with Crippen LogP contribution in [-0.4, -0.2) is 14.2 Å². The van der Waals surface area contributed by atoms with Crippen molar-refractivity contribution < 1.29 is 12.8 Å².